The zero-order chi connectivity index (χ0) is 8.48. The first-order chi connectivity index (χ1) is 5.00. The van der Waals surface area contributed by atoms with Crippen LogP contribution in [0.25, 0.3) is 0 Å². The molecular formula is C6H10F3NO. The van der Waals surface area contributed by atoms with E-state index in [1.165, 1.54) is 0 Å². The number of hydrogen-bond acceptors (Lipinski definition) is 2. The van der Waals surface area contributed by atoms with Gasteiger partial charge in [-0.05, 0) is 13.5 Å². The van der Waals surface area contributed by atoms with Crippen molar-refractivity contribution in [3.05, 3.63) is 0 Å². The zero-order valence-corrected chi connectivity index (χ0v) is 6.19. The van der Waals surface area contributed by atoms with Crippen molar-refractivity contribution in [3.8, 4) is 0 Å². The predicted octanol–water partition coefficient (Wildman–Crippen LogP) is 1.23. The largest absolute Gasteiger partial charge is 0.414 e. The van der Waals surface area contributed by atoms with E-state index in [1.807, 2.05) is 0 Å². The second kappa shape index (κ2) is 2.98. The highest BCUT2D eigenvalue weighted by Gasteiger charge is 2.41. The van der Waals surface area contributed by atoms with Gasteiger partial charge in [0.1, 0.15) is 0 Å². The molecule has 1 heterocycles. The van der Waals surface area contributed by atoms with Crippen molar-refractivity contribution in [2.75, 3.05) is 20.3 Å². The summed E-state index contributed by atoms with van der Waals surface area (Å²) >= 11 is 0. The lowest BCUT2D eigenvalue weighted by Crippen LogP contribution is -2.42. The second-order valence-corrected chi connectivity index (χ2v) is 2.69. The first-order valence-corrected chi connectivity index (χ1v) is 3.37. The molecule has 11 heavy (non-hydrogen) atoms. The molecule has 1 fully saturated rings. The Morgan fingerprint density at radius 3 is 2.45 bits per heavy atom. The number of hydrogen-bond donors (Lipinski definition) is 0. The number of ether oxygens (including phenoxy) is 1. The van der Waals surface area contributed by atoms with Gasteiger partial charge in [0.15, 0.2) is 6.10 Å². The summed E-state index contributed by atoms with van der Waals surface area (Å²) in [5.74, 6) is 0. The minimum atomic E-state index is -4.19. The maximum absolute atomic E-state index is 11.9. The summed E-state index contributed by atoms with van der Waals surface area (Å²) in [6, 6.07) is 0. The Bertz CT molecular complexity index is 128. The van der Waals surface area contributed by atoms with Crippen LogP contribution >= 0.6 is 0 Å². The van der Waals surface area contributed by atoms with Gasteiger partial charge >= 0.3 is 6.18 Å². The van der Waals surface area contributed by atoms with Gasteiger partial charge in [-0.25, -0.2) is 0 Å². The first kappa shape index (κ1) is 8.80. The summed E-state index contributed by atoms with van der Waals surface area (Å²) in [6.45, 7) is 0.522. The van der Waals surface area contributed by atoms with Gasteiger partial charge in [-0.3, -0.25) is 4.90 Å². The molecule has 0 aromatic heterocycles. The van der Waals surface area contributed by atoms with Gasteiger partial charge in [-0.15, -0.1) is 0 Å². The Kier molecular flexibility index (Phi) is 2.39. The van der Waals surface area contributed by atoms with E-state index in [9.17, 15) is 13.2 Å². The maximum atomic E-state index is 11.9. The molecule has 0 aromatic rings. The van der Waals surface area contributed by atoms with Crippen LogP contribution in [0.1, 0.15) is 6.42 Å². The molecule has 1 saturated heterocycles. The summed E-state index contributed by atoms with van der Waals surface area (Å²) in [5, 5.41) is 0. The van der Waals surface area contributed by atoms with Crippen LogP contribution in [-0.4, -0.2) is 37.5 Å². The van der Waals surface area contributed by atoms with Crippen LogP contribution < -0.4 is 0 Å². The standard InChI is InChI=1S/C6H10F3NO/c1-10-3-2-5(11-4-10)6(7,8)9/h5H,2-4H2,1H3. The average molecular weight is 169 g/mol. The molecule has 5 heteroatoms. The van der Waals surface area contributed by atoms with Gasteiger partial charge in [-0.2, -0.15) is 13.2 Å². The molecule has 1 rings (SSSR count). The van der Waals surface area contributed by atoms with Crippen molar-refractivity contribution in [3.63, 3.8) is 0 Å². The molecule has 0 bridgehead atoms. The number of halogens is 3. The summed E-state index contributed by atoms with van der Waals surface area (Å²) < 4.78 is 40.3. The molecule has 66 valence electrons. The highest BCUT2D eigenvalue weighted by atomic mass is 19.4. The fourth-order valence-corrected chi connectivity index (χ4v) is 0.961. The molecule has 1 aliphatic heterocycles. The smallest absolute Gasteiger partial charge is 0.353 e. The SMILES string of the molecule is CN1CCC(C(F)(F)F)OC1. The minimum Gasteiger partial charge on any atom is -0.353 e. The summed E-state index contributed by atoms with van der Waals surface area (Å²) in [6.07, 6.45) is -5.71. The Morgan fingerprint density at radius 2 is 2.09 bits per heavy atom. The third-order valence-corrected chi connectivity index (χ3v) is 1.63. The average Bonchev–Trinajstić information content (AvgIpc) is 1.86. The van der Waals surface area contributed by atoms with Crippen LogP contribution in [0.3, 0.4) is 0 Å². The predicted molar refractivity (Wildman–Crippen MR) is 33.0 cm³/mol. The van der Waals surface area contributed by atoms with Crippen LogP contribution in [0.4, 0.5) is 13.2 Å². The summed E-state index contributed by atoms with van der Waals surface area (Å²) in [7, 11) is 1.73. The molecule has 2 nitrogen and oxygen atoms in total. The van der Waals surface area contributed by atoms with Gasteiger partial charge in [0.25, 0.3) is 0 Å². The van der Waals surface area contributed by atoms with Crippen molar-refractivity contribution >= 4 is 0 Å². The molecule has 0 spiro atoms. The Hall–Kier alpha value is -0.290. The summed E-state index contributed by atoms with van der Waals surface area (Å²) in [4.78, 5) is 1.71. The van der Waals surface area contributed by atoms with E-state index in [4.69, 9.17) is 0 Å². The van der Waals surface area contributed by atoms with Crippen LogP contribution in [0.5, 0.6) is 0 Å². The molecular weight excluding hydrogens is 159 g/mol. The Morgan fingerprint density at radius 1 is 1.45 bits per heavy atom. The van der Waals surface area contributed by atoms with Gasteiger partial charge in [0.05, 0.1) is 6.73 Å². The van der Waals surface area contributed by atoms with E-state index in [2.05, 4.69) is 4.74 Å². The molecule has 1 unspecified atom stereocenters. The van der Waals surface area contributed by atoms with Gasteiger partial charge in [0.2, 0.25) is 0 Å². The number of alkyl halides is 3. The lowest BCUT2D eigenvalue weighted by molar-refractivity contribution is -0.244. The van der Waals surface area contributed by atoms with E-state index in [-0.39, 0.29) is 13.2 Å². The lowest BCUT2D eigenvalue weighted by atomic mass is 10.2. The van der Waals surface area contributed by atoms with Crippen LogP contribution in [0.15, 0.2) is 0 Å². The third-order valence-electron chi connectivity index (χ3n) is 1.63. The molecule has 0 amide bonds. The van der Waals surface area contributed by atoms with Gasteiger partial charge < -0.3 is 4.74 Å². The Labute approximate surface area is 62.9 Å². The van der Waals surface area contributed by atoms with Gasteiger partial charge in [-0.1, -0.05) is 0 Å². The highest BCUT2D eigenvalue weighted by Crippen LogP contribution is 2.27. The van der Waals surface area contributed by atoms with Gasteiger partial charge in [0, 0.05) is 6.54 Å². The van der Waals surface area contributed by atoms with Crippen LogP contribution in [-0.2, 0) is 4.74 Å². The molecule has 0 N–H and O–H groups in total. The monoisotopic (exact) mass is 169 g/mol. The summed E-state index contributed by atoms with van der Waals surface area (Å²) in [5.41, 5.74) is 0. The molecule has 1 aliphatic rings. The molecule has 0 radical (unpaired) electrons. The maximum Gasteiger partial charge on any atom is 0.414 e. The number of rotatable bonds is 0. The number of nitrogens with zero attached hydrogens (tertiary/aromatic N) is 1. The van der Waals surface area contributed by atoms with Crippen molar-refractivity contribution in [2.45, 2.75) is 18.7 Å². The topological polar surface area (TPSA) is 12.5 Å². The fraction of sp³-hybridized carbons (Fsp3) is 1.00. The normalized spacial score (nSPS) is 28.9. The van der Waals surface area contributed by atoms with E-state index in [0.717, 1.165) is 0 Å². The van der Waals surface area contributed by atoms with E-state index in [1.54, 1.807) is 11.9 Å². The van der Waals surface area contributed by atoms with E-state index < -0.39 is 12.3 Å². The highest BCUT2D eigenvalue weighted by molar-refractivity contribution is 4.72. The quantitative estimate of drug-likeness (QED) is 0.540. The second-order valence-electron chi connectivity index (χ2n) is 2.69. The fourth-order valence-electron chi connectivity index (χ4n) is 0.961. The zero-order valence-electron chi connectivity index (χ0n) is 6.19. The van der Waals surface area contributed by atoms with Crippen molar-refractivity contribution in [2.24, 2.45) is 0 Å². The minimum absolute atomic E-state index is 0.0417. The van der Waals surface area contributed by atoms with Crippen LogP contribution in [0, 0.1) is 0 Å². The molecule has 1 atom stereocenters. The van der Waals surface area contributed by atoms with E-state index in [0.29, 0.717) is 6.54 Å². The Balaban J connectivity index is 2.39. The van der Waals surface area contributed by atoms with Crippen LogP contribution in [0.2, 0.25) is 0 Å². The lowest BCUT2D eigenvalue weighted by Gasteiger charge is -2.30. The first-order valence-electron chi connectivity index (χ1n) is 3.37. The molecule has 0 aliphatic carbocycles. The third kappa shape index (κ3) is 2.34. The molecule has 0 saturated carbocycles. The molecule has 0 aromatic carbocycles. The van der Waals surface area contributed by atoms with E-state index >= 15 is 0 Å². The van der Waals surface area contributed by atoms with Crippen molar-refractivity contribution in [1.82, 2.24) is 4.90 Å². The van der Waals surface area contributed by atoms with Crippen molar-refractivity contribution in [1.29, 1.82) is 0 Å². The van der Waals surface area contributed by atoms with Crippen molar-refractivity contribution < 1.29 is 17.9 Å².